The van der Waals surface area contributed by atoms with Gasteiger partial charge in [-0.15, -0.1) is 10.2 Å². The Morgan fingerprint density at radius 2 is 1.87 bits per heavy atom. The first kappa shape index (κ1) is 20.3. The number of nitrogens with zero attached hydrogens (tertiary/aromatic N) is 4. The fraction of sp³-hybridized carbons (Fsp3) is 0.304. The fourth-order valence-electron chi connectivity index (χ4n) is 3.61. The number of carbonyl (C=O) groups excluding carboxylic acids is 1. The summed E-state index contributed by atoms with van der Waals surface area (Å²) >= 11 is 1.36. The predicted octanol–water partition coefficient (Wildman–Crippen LogP) is 4.71. The second-order valence-corrected chi connectivity index (χ2v) is 8.49. The normalized spacial score (nSPS) is 17.8. The molecule has 0 radical (unpaired) electrons. The van der Waals surface area contributed by atoms with Crippen molar-refractivity contribution in [2.24, 2.45) is 11.0 Å². The van der Waals surface area contributed by atoms with Gasteiger partial charge in [-0.25, -0.2) is 5.43 Å². The molecule has 1 aliphatic carbocycles. The van der Waals surface area contributed by atoms with Crippen LogP contribution in [0.25, 0.3) is 17.1 Å². The van der Waals surface area contributed by atoms with Gasteiger partial charge in [-0.05, 0) is 43.7 Å². The SMILES string of the molecule is CC1CCC/C(=N/NC(=O)CSc2nnc(-c3ccccc3)n2-c2ccccc2)C1. The van der Waals surface area contributed by atoms with Gasteiger partial charge < -0.3 is 0 Å². The Morgan fingerprint density at radius 3 is 2.60 bits per heavy atom. The molecule has 1 heterocycles. The van der Waals surface area contributed by atoms with Crippen LogP contribution >= 0.6 is 11.8 Å². The lowest BCUT2D eigenvalue weighted by molar-refractivity contribution is -0.118. The van der Waals surface area contributed by atoms with Gasteiger partial charge in [0.05, 0.1) is 5.75 Å². The number of nitrogens with one attached hydrogen (secondary N) is 1. The lowest BCUT2D eigenvalue weighted by atomic mass is 9.89. The molecule has 4 rings (SSSR count). The number of thioether (sulfide) groups is 1. The molecule has 1 N–H and O–H groups in total. The van der Waals surface area contributed by atoms with Crippen LogP contribution in [0.2, 0.25) is 0 Å². The van der Waals surface area contributed by atoms with E-state index in [1.54, 1.807) is 0 Å². The summed E-state index contributed by atoms with van der Waals surface area (Å²) in [5.74, 6) is 1.49. The van der Waals surface area contributed by atoms with E-state index >= 15 is 0 Å². The van der Waals surface area contributed by atoms with E-state index in [4.69, 9.17) is 0 Å². The van der Waals surface area contributed by atoms with Crippen LogP contribution in [0.3, 0.4) is 0 Å². The molecule has 1 amide bonds. The quantitative estimate of drug-likeness (QED) is 0.464. The van der Waals surface area contributed by atoms with E-state index in [1.807, 2.05) is 65.2 Å². The summed E-state index contributed by atoms with van der Waals surface area (Å²) in [6, 6.07) is 19.9. The molecule has 1 unspecified atom stereocenters. The number of carbonyl (C=O) groups is 1. The third-order valence-corrected chi connectivity index (χ3v) is 6.03. The summed E-state index contributed by atoms with van der Waals surface area (Å²) in [4.78, 5) is 12.4. The number of benzene rings is 2. The molecule has 0 saturated heterocycles. The van der Waals surface area contributed by atoms with Crippen LogP contribution < -0.4 is 5.43 Å². The molecular formula is C23H25N5OS. The number of hydrogen-bond acceptors (Lipinski definition) is 5. The Morgan fingerprint density at radius 1 is 1.13 bits per heavy atom. The molecular weight excluding hydrogens is 394 g/mol. The molecule has 154 valence electrons. The van der Waals surface area contributed by atoms with Crippen LogP contribution in [0.4, 0.5) is 0 Å². The zero-order valence-electron chi connectivity index (χ0n) is 17.0. The Kier molecular flexibility index (Phi) is 6.59. The molecule has 0 bridgehead atoms. The maximum atomic E-state index is 12.4. The average Bonchev–Trinajstić information content (AvgIpc) is 3.21. The van der Waals surface area contributed by atoms with E-state index in [1.165, 1.54) is 18.2 Å². The summed E-state index contributed by atoms with van der Waals surface area (Å²) in [6.45, 7) is 2.23. The van der Waals surface area contributed by atoms with E-state index in [0.717, 1.165) is 42.0 Å². The summed E-state index contributed by atoms with van der Waals surface area (Å²) in [6.07, 6.45) is 4.32. The highest BCUT2D eigenvalue weighted by atomic mass is 32.2. The van der Waals surface area contributed by atoms with Gasteiger partial charge in [0.1, 0.15) is 0 Å². The summed E-state index contributed by atoms with van der Waals surface area (Å²) in [5.41, 5.74) is 5.73. The maximum Gasteiger partial charge on any atom is 0.250 e. The maximum absolute atomic E-state index is 12.4. The van der Waals surface area contributed by atoms with Gasteiger partial charge >= 0.3 is 0 Å². The third kappa shape index (κ3) is 4.97. The van der Waals surface area contributed by atoms with Gasteiger partial charge in [0.25, 0.3) is 5.91 Å². The number of hydrogen-bond donors (Lipinski definition) is 1. The van der Waals surface area contributed by atoms with Crippen molar-refractivity contribution < 1.29 is 4.79 Å². The minimum Gasteiger partial charge on any atom is -0.272 e. The standard InChI is InChI=1S/C23H25N5OS/c1-17-9-8-12-19(15-17)24-25-21(29)16-30-23-27-26-22(18-10-4-2-5-11-18)28(23)20-13-6-3-7-14-20/h2-7,10-11,13-14,17H,8-9,12,15-16H2,1H3,(H,25,29)/b24-19-. The van der Waals surface area contributed by atoms with Crippen molar-refractivity contribution in [3.8, 4) is 17.1 Å². The molecule has 30 heavy (non-hydrogen) atoms. The van der Waals surface area contributed by atoms with Crippen molar-refractivity contribution in [2.75, 3.05) is 5.75 Å². The largest absolute Gasteiger partial charge is 0.272 e. The molecule has 3 aromatic rings. The van der Waals surface area contributed by atoms with Crippen LogP contribution in [0.15, 0.2) is 70.9 Å². The molecule has 7 heteroatoms. The summed E-state index contributed by atoms with van der Waals surface area (Å²) in [7, 11) is 0. The molecule has 2 aromatic carbocycles. The van der Waals surface area contributed by atoms with Crippen molar-refractivity contribution in [2.45, 2.75) is 37.8 Å². The van der Waals surface area contributed by atoms with E-state index in [9.17, 15) is 4.79 Å². The summed E-state index contributed by atoms with van der Waals surface area (Å²) in [5, 5.41) is 13.8. The molecule has 0 spiro atoms. The van der Waals surface area contributed by atoms with E-state index in [2.05, 4.69) is 27.6 Å². The highest BCUT2D eigenvalue weighted by molar-refractivity contribution is 7.99. The number of para-hydroxylation sites is 1. The van der Waals surface area contributed by atoms with Crippen molar-refractivity contribution in [3.63, 3.8) is 0 Å². The molecule has 0 aliphatic heterocycles. The molecule has 6 nitrogen and oxygen atoms in total. The third-order valence-electron chi connectivity index (χ3n) is 5.10. The molecule has 1 aliphatic rings. The van der Waals surface area contributed by atoms with Crippen LogP contribution in [-0.4, -0.2) is 32.1 Å². The zero-order valence-corrected chi connectivity index (χ0v) is 17.8. The second-order valence-electron chi connectivity index (χ2n) is 7.55. The van der Waals surface area contributed by atoms with Crippen LogP contribution in [0.5, 0.6) is 0 Å². The predicted molar refractivity (Wildman–Crippen MR) is 121 cm³/mol. The van der Waals surface area contributed by atoms with Gasteiger partial charge in [-0.3, -0.25) is 9.36 Å². The first-order chi connectivity index (χ1) is 14.7. The second kappa shape index (κ2) is 9.71. The van der Waals surface area contributed by atoms with E-state index < -0.39 is 0 Å². The lowest BCUT2D eigenvalue weighted by Gasteiger charge is -2.18. The van der Waals surface area contributed by atoms with Crippen molar-refractivity contribution in [1.82, 2.24) is 20.2 Å². The molecule has 1 saturated carbocycles. The Balaban J connectivity index is 1.49. The average molecular weight is 420 g/mol. The first-order valence-corrected chi connectivity index (χ1v) is 11.2. The van der Waals surface area contributed by atoms with Crippen LogP contribution in [0, 0.1) is 5.92 Å². The minimum atomic E-state index is -0.130. The van der Waals surface area contributed by atoms with Gasteiger partial charge in [-0.1, -0.05) is 67.2 Å². The number of hydrazone groups is 1. The first-order valence-electron chi connectivity index (χ1n) is 10.2. The van der Waals surface area contributed by atoms with Gasteiger partial charge in [0, 0.05) is 17.0 Å². The van der Waals surface area contributed by atoms with Crippen LogP contribution in [0.1, 0.15) is 32.6 Å². The summed E-state index contributed by atoms with van der Waals surface area (Å²) < 4.78 is 1.99. The number of amides is 1. The highest BCUT2D eigenvalue weighted by Crippen LogP contribution is 2.27. The number of aromatic nitrogens is 3. The van der Waals surface area contributed by atoms with Gasteiger partial charge in [0.2, 0.25) is 0 Å². The monoisotopic (exact) mass is 419 g/mol. The molecule has 1 fully saturated rings. The van der Waals surface area contributed by atoms with Crippen LogP contribution in [-0.2, 0) is 4.79 Å². The number of rotatable bonds is 6. The topological polar surface area (TPSA) is 72.2 Å². The van der Waals surface area contributed by atoms with E-state index in [-0.39, 0.29) is 11.7 Å². The highest BCUT2D eigenvalue weighted by Gasteiger charge is 2.18. The molecule has 1 atom stereocenters. The van der Waals surface area contributed by atoms with Crippen molar-refractivity contribution >= 4 is 23.4 Å². The molecule has 1 aromatic heterocycles. The fourth-order valence-corrected chi connectivity index (χ4v) is 4.36. The van der Waals surface area contributed by atoms with Crippen molar-refractivity contribution in [1.29, 1.82) is 0 Å². The zero-order chi connectivity index (χ0) is 20.8. The Labute approximate surface area is 180 Å². The Bertz CT molecular complexity index is 1020. The van der Waals surface area contributed by atoms with Crippen molar-refractivity contribution in [3.05, 3.63) is 60.7 Å². The lowest BCUT2D eigenvalue weighted by Crippen LogP contribution is -2.23. The van der Waals surface area contributed by atoms with Gasteiger partial charge in [0.15, 0.2) is 11.0 Å². The van der Waals surface area contributed by atoms with Gasteiger partial charge in [-0.2, -0.15) is 5.10 Å². The van der Waals surface area contributed by atoms with E-state index in [0.29, 0.717) is 11.1 Å². The smallest absolute Gasteiger partial charge is 0.250 e. The minimum absolute atomic E-state index is 0.130. The Hall–Kier alpha value is -2.93.